The summed E-state index contributed by atoms with van der Waals surface area (Å²) in [5.41, 5.74) is 5.45. The second-order valence-electron chi connectivity index (χ2n) is 10.8. The van der Waals surface area contributed by atoms with Gasteiger partial charge in [-0.15, -0.1) is 0 Å². The first-order valence-electron chi connectivity index (χ1n) is 14.0. The smallest absolute Gasteiger partial charge is 0.357 e. The van der Waals surface area contributed by atoms with Crippen molar-refractivity contribution in [3.05, 3.63) is 41.7 Å². The van der Waals surface area contributed by atoms with E-state index < -0.39 is 0 Å². The molecule has 1 saturated carbocycles. The molecule has 0 atom stereocenters. The molecule has 1 aliphatic heterocycles. The molecule has 1 saturated heterocycles. The van der Waals surface area contributed by atoms with Crippen LogP contribution in [0.2, 0.25) is 0 Å². The molecule has 2 fully saturated rings. The fourth-order valence-corrected chi connectivity index (χ4v) is 5.84. The van der Waals surface area contributed by atoms with Crippen LogP contribution in [0.15, 0.2) is 30.3 Å². The molecule has 3 heterocycles. The lowest BCUT2D eigenvalue weighted by atomic mass is 9.95. The van der Waals surface area contributed by atoms with Crippen molar-refractivity contribution >= 4 is 22.7 Å². The van der Waals surface area contributed by atoms with Crippen LogP contribution in [0.25, 0.3) is 22.2 Å². The van der Waals surface area contributed by atoms with Crippen molar-refractivity contribution in [1.29, 1.82) is 0 Å². The molecule has 1 aromatic carbocycles. The Labute approximate surface area is 220 Å². The molecule has 198 valence electrons. The minimum Gasteiger partial charge on any atom is -0.461 e. The molecule has 0 radical (unpaired) electrons. The van der Waals surface area contributed by atoms with E-state index in [2.05, 4.69) is 54.7 Å². The number of carbonyl (C=O) groups is 1. The fourth-order valence-electron chi connectivity index (χ4n) is 5.84. The molecule has 3 aromatic rings. The average molecular weight is 505 g/mol. The van der Waals surface area contributed by atoms with Gasteiger partial charge in [-0.2, -0.15) is 5.10 Å². The standard InChI is InChI=1S/C30H40N4O3/c1-5-37-30(35)26-19-25(21-11-13-22(14-12-21)33(4)23-15-17-36-18-16-23)27-28(20(2)3)32-34(29(27)31-26)24-9-7-6-8-10-24/h11-14,19-20,23-24H,5-10,15-18H2,1-4H3. The summed E-state index contributed by atoms with van der Waals surface area (Å²) in [4.78, 5) is 20.1. The van der Waals surface area contributed by atoms with E-state index in [1.54, 1.807) is 0 Å². The van der Waals surface area contributed by atoms with E-state index in [1.165, 1.54) is 24.9 Å². The van der Waals surface area contributed by atoms with E-state index in [0.717, 1.165) is 66.8 Å². The molecular weight excluding hydrogens is 464 g/mol. The highest BCUT2D eigenvalue weighted by Gasteiger charge is 2.27. The van der Waals surface area contributed by atoms with Crippen molar-refractivity contribution in [3.8, 4) is 11.1 Å². The van der Waals surface area contributed by atoms with Crippen LogP contribution in [0.5, 0.6) is 0 Å². The van der Waals surface area contributed by atoms with E-state index >= 15 is 0 Å². The van der Waals surface area contributed by atoms with Crippen molar-refractivity contribution in [3.63, 3.8) is 0 Å². The maximum Gasteiger partial charge on any atom is 0.357 e. The van der Waals surface area contributed by atoms with Gasteiger partial charge in [0.1, 0.15) is 0 Å². The van der Waals surface area contributed by atoms with Crippen LogP contribution in [0.3, 0.4) is 0 Å². The Bertz CT molecular complexity index is 1220. The predicted molar refractivity (Wildman–Crippen MR) is 147 cm³/mol. The van der Waals surface area contributed by atoms with Crippen LogP contribution < -0.4 is 4.90 Å². The first kappa shape index (κ1) is 25.7. The summed E-state index contributed by atoms with van der Waals surface area (Å²) in [6, 6.07) is 11.4. The molecule has 5 rings (SSSR count). The van der Waals surface area contributed by atoms with Crippen molar-refractivity contribution in [1.82, 2.24) is 14.8 Å². The van der Waals surface area contributed by atoms with Crippen LogP contribution in [-0.4, -0.2) is 53.6 Å². The lowest BCUT2D eigenvalue weighted by molar-refractivity contribution is 0.0520. The van der Waals surface area contributed by atoms with Gasteiger partial charge >= 0.3 is 5.97 Å². The summed E-state index contributed by atoms with van der Waals surface area (Å²) in [6.07, 6.45) is 7.97. The molecule has 1 aliphatic carbocycles. The maximum atomic E-state index is 12.9. The Morgan fingerprint density at radius 3 is 2.46 bits per heavy atom. The number of hydrogen-bond acceptors (Lipinski definition) is 6. The zero-order valence-corrected chi connectivity index (χ0v) is 22.7. The van der Waals surface area contributed by atoms with Crippen molar-refractivity contribution in [2.75, 3.05) is 31.8 Å². The third-order valence-corrected chi connectivity index (χ3v) is 7.97. The lowest BCUT2D eigenvalue weighted by Crippen LogP contribution is -2.36. The molecular formula is C30H40N4O3. The number of rotatable bonds is 7. The van der Waals surface area contributed by atoms with Gasteiger partial charge in [0, 0.05) is 32.0 Å². The summed E-state index contributed by atoms with van der Waals surface area (Å²) in [6.45, 7) is 8.15. The third kappa shape index (κ3) is 5.24. The van der Waals surface area contributed by atoms with Crippen LogP contribution in [0, 0.1) is 0 Å². The number of carbonyl (C=O) groups excluding carboxylic acids is 1. The van der Waals surface area contributed by atoms with Crippen molar-refractivity contribution in [2.24, 2.45) is 0 Å². The van der Waals surface area contributed by atoms with E-state index in [-0.39, 0.29) is 11.9 Å². The number of hydrogen-bond donors (Lipinski definition) is 0. The summed E-state index contributed by atoms with van der Waals surface area (Å²) in [5, 5.41) is 6.19. The SMILES string of the molecule is CCOC(=O)c1cc(-c2ccc(N(C)C3CCOCC3)cc2)c2c(C(C)C)nn(C3CCCCC3)c2n1. The topological polar surface area (TPSA) is 69.5 Å². The highest BCUT2D eigenvalue weighted by atomic mass is 16.5. The monoisotopic (exact) mass is 504 g/mol. The van der Waals surface area contributed by atoms with Gasteiger partial charge in [-0.3, -0.25) is 0 Å². The van der Waals surface area contributed by atoms with Crippen molar-refractivity contribution < 1.29 is 14.3 Å². The molecule has 0 unspecified atom stereocenters. The Balaban J connectivity index is 1.62. The Morgan fingerprint density at radius 2 is 1.81 bits per heavy atom. The van der Waals surface area contributed by atoms with Crippen LogP contribution >= 0.6 is 0 Å². The summed E-state index contributed by atoms with van der Waals surface area (Å²) in [7, 11) is 2.17. The van der Waals surface area contributed by atoms with Gasteiger partial charge in [0.2, 0.25) is 0 Å². The van der Waals surface area contributed by atoms with E-state index in [4.69, 9.17) is 19.6 Å². The molecule has 2 aliphatic rings. The molecule has 7 nitrogen and oxygen atoms in total. The zero-order valence-electron chi connectivity index (χ0n) is 22.7. The number of pyridine rings is 1. The van der Waals surface area contributed by atoms with E-state index in [0.29, 0.717) is 24.4 Å². The normalized spacial score (nSPS) is 17.4. The number of anilines is 1. The fraction of sp³-hybridized carbons (Fsp3) is 0.567. The van der Waals surface area contributed by atoms with Gasteiger partial charge in [0.25, 0.3) is 0 Å². The quantitative estimate of drug-likeness (QED) is 0.341. The number of nitrogens with zero attached hydrogens (tertiary/aromatic N) is 4. The number of benzene rings is 1. The van der Waals surface area contributed by atoms with E-state index in [9.17, 15) is 4.79 Å². The largest absolute Gasteiger partial charge is 0.461 e. The Kier molecular flexibility index (Phi) is 7.79. The zero-order chi connectivity index (χ0) is 25.9. The number of esters is 1. The second-order valence-corrected chi connectivity index (χ2v) is 10.8. The summed E-state index contributed by atoms with van der Waals surface area (Å²) < 4.78 is 13.0. The Morgan fingerprint density at radius 1 is 1.11 bits per heavy atom. The number of fused-ring (bicyclic) bond motifs is 1. The lowest BCUT2D eigenvalue weighted by Gasteiger charge is -2.33. The molecule has 0 spiro atoms. The predicted octanol–water partition coefficient (Wildman–Crippen LogP) is 6.52. The van der Waals surface area contributed by atoms with Gasteiger partial charge in [0.05, 0.1) is 23.7 Å². The van der Waals surface area contributed by atoms with Gasteiger partial charge in [-0.25, -0.2) is 14.5 Å². The molecule has 2 aromatic heterocycles. The van der Waals surface area contributed by atoms with Gasteiger partial charge < -0.3 is 14.4 Å². The summed E-state index contributed by atoms with van der Waals surface area (Å²) in [5.74, 6) is -0.149. The summed E-state index contributed by atoms with van der Waals surface area (Å²) >= 11 is 0. The van der Waals surface area contributed by atoms with Crippen LogP contribution in [0.4, 0.5) is 5.69 Å². The van der Waals surface area contributed by atoms with E-state index in [1.807, 2.05) is 13.0 Å². The van der Waals surface area contributed by atoms with Crippen molar-refractivity contribution in [2.45, 2.75) is 83.7 Å². The molecule has 0 bridgehead atoms. The highest BCUT2D eigenvalue weighted by molar-refractivity contribution is 6.00. The first-order chi connectivity index (χ1) is 18.0. The maximum absolute atomic E-state index is 12.9. The first-order valence-corrected chi connectivity index (χ1v) is 14.0. The third-order valence-electron chi connectivity index (χ3n) is 7.97. The molecule has 7 heteroatoms. The number of aromatic nitrogens is 3. The highest BCUT2D eigenvalue weighted by Crippen LogP contribution is 2.38. The van der Waals surface area contributed by atoms with Crippen LogP contribution in [-0.2, 0) is 9.47 Å². The molecule has 37 heavy (non-hydrogen) atoms. The minimum atomic E-state index is -0.385. The van der Waals surface area contributed by atoms with Gasteiger partial charge in [0.15, 0.2) is 11.3 Å². The second kappa shape index (κ2) is 11.2. The average Bonchev–Trinajstić information content (AvgIpc) is 3.33. The van der Waals surface area contributed by atoms with Gasteiger partial charge in [-0.05, 0) is 67.9 Å². The molecule has 0 N–H and O–H groups in total. The van der Waals surface area contributed by atoms with Gasteiger partial charge in [-0.1, -0.05) is 45.2 Å². The van der Waals surface area contributed by atoms with Crippen LogP contribution in [0.1, 0.15) is 93.9 Å². The molecule has 0 amide bonds. The minimum absolute atomic E-state index is 0.236. The number of ether oxygens (including phenoxy) is 2. The Hall–Kier alpha value is -2.93.